The zero-order valence-electron chi connectivity index (χ0n) is 9.58. The fourth-order valence-electron chi connectivity index (χ4n) is 1.49. The Hall–Kier alpha value is -2.40. The first-order valence-corrected chi connectivity index (χ1v) is 5.65. The van der Waals surface area contributed by atoms with E-state index in [1.165, 1.54) is 12.1 Å². The Morgan fingerprint density at radius 3 is 2.63 bits per heavy atom. The molecule has 0 atom stereocenters. The number of benzene rings is 2. The van der Waals surface area contributed by atoms with Crippen molar-refractivity contribution >= 4 is 23.6 Å². The van der Waals surface area contributed by atoms with Crippen LogP contribution in [0.25, 0.3) is 0 Å². The first-order chi connectivity index (χ1) is 9.10. The predicted octanol–water partition coefficient (Wildman–Crippen LogP) is 3.85. The second-order valence-corrected chi connectivity index (χ2v) is 4.10. The summed E-state index contributed by atoms with van der Waals surface area (Å²) in [5.41, 5.74) is -0.0604. The third kappa shape index (κ3) is 3.08. The van der Waals surface area contributed by atoms with Crippen LogP contribution in [-0.4, -0.2) is 11.2 Å². The standard InChI is InChI=1S/C13H8ClNO4/c14-10-2-1-3-11(7-10)19-13-5-4-9(8-16)6-12(13)15(17)18/h1-8H. The van der Waals surface area contributed by atoms with Gasteiger partial charge in [-0.3, -0.25) is 14.9 Å². The van der Waals surface area contributed by atoms with E-state index < -0.39 is 4.92 Å². The van der Waals surface area contributed by atoms with Crippen LogP contribution in [0.4, 0.5) is 5.69 Å². The molecule has 0 aliphatic carbocycles. The van der Waals surface area contributed by atoms with Crippen LogP contribution in [0, 0.1) is 10.1 Å². The number of hydrogen-bond donors (Lipinski definition) is 0. The maximum Gasteiger partial charge on any atom is 0.312 e. The average Bonchev–Trinajstić information content (AvgIpc) is 2.39. The highest BCUT2D eigenvalue weighted by Gasteiger charge is 2.16. The summed E-state index contributed by atoms with van der Waals surface area (Å²) >= 11 is 5.80. The molecular weight excluding hydrogens is 270 g/mol. The molecular formula is C13H8ClNO4. The first kappa shape index (κ1) is 13.0. The highest BCUT2D eigenvalue weighted by atomic mass is 35.5. The topological polar surface area (TPSA) is 69.4 Å². The van der Waals surface area contributed by atoms with E-state index in [-0.39, 0.29) is 17.0 Å². The van der Waals surface area contributed by atoms with Crippen LogP contribution in [-0.2, 0) is 0 Å². The van der Waals surface area contributed by atoms with Crippen molar-refractivity contribution in [1.29, 1.82) is 0 Å². The van der Waals surface area contributed by atoms with Crippen LogP contribution in [0.1, 0.15) is 10.4 Å². The number of nitrogens with zero attached hydrogens (tertiary/aromatic N) is 1. The van der Waals surface area contributed by atoms with Crippen molar-refractivity contribution in [2.24, 2.45) is 0 Å². The molecule has 0 unspecified atom stereocenters. The van der Waals surface area contributed by atoms with E-state index >= 15 is 0 Å². The fraction of sp³-hybridized carbons (Fsp3) is 0. The Morgan fingerprint density at radius 1 is 1.21 bits per heavy atom. The Kier molecular flexibility index (Phi) is 3.77. The van der Waals surface area contributed by atoms with E-state index in [0.717, 1.165) is 6.07 Å². The largest absolute Gasteiger partial charge is 0.450 e. The van der Waals surface area contributed by atoms with Crippen LogP contribution in [0.3, 0.4) is 0 Å². The molecule has 0 amide bonds. The highest BCUT2D eigenvalue weighted by molar-refractivity contribution is 6.30. The van der Waals surface area contributed by atoms with Gasteiger partial charge in [-0.1, -0.05) is 17.7 Å². The monoisotopic (exact) mass is 277 g/mol. The van der Waals surface area contributed by atoms with Gasteiger partial charge in [0.05, 0.1) is 4.92 Å². The zero-order valence-corrected chi connectivity index (χ0v) is 10.3. The van der Waals surface area contributed by atoms with E-state index in [2.05, 4.69) is 0 Å². The third-order valence-electron chi connectivity index (χ3n) is 2.34. The molecule has 96 valence electrons. The van der Waals surface area contributed by atoms with Crippen LogP contribution in [0.2, 0.25) is 5.02 Å². The van der Waals surface area contributed by atoms with Gasteiger partial charge in [0.25, 0.3) is 0 Å². The molecule has 0 fully saturated rings. The molecule has 2 rings (SSSR count). The predicted molar refractivity (Wildman–Crippen MR) is 70.0 cm³/mol. The zero-order chi connectivity index (χ0) is 13.8. The van der Waals surface area contributed by atoms with Crippen molar-refractivity contribution in [3.63, 3.8) is 0 Å². The van der Waals surface area contributed by atoms with E-state index in [1.807, 2.05) is 0 Å². The summed E-state index contributed by atoms with van der Waals surface area (Å²) in [5.74, 6) is 0.437. The lowest BCUT2D eigenvalue weighted by molar-refractivity contribution is -0.385. The lowest BCUT2D eigenvalue weighted by Gasteiger charge is -2.06. The summed E-state index contributed by atoms with van der Waals surface area (Å²) in [6.45, 7) is 0. The third-order valence-corrected chi connectivity index (χ3v) is 2.57. The van der Waals surface area contributed by atoms with E-state index in [4.69, 9.17) is 16.3 Å². The molecule has 0 aliphatic rings. The summed E-state index contributed by atoms with van der Waals surface area (Å²) in [5, 5.41) is 11.4. The Morgan fingerprint density at radius 2 is 2.00 bits per heavy atom. The van der Waals surface area contributed by atoms with Crippen molar-refractivity contribution in [2.75, 3.05) is 0 Å². The van der Waals surface area contributed by atoms with E-state index in [0.29, 0.717) is 17.1 Å². The molecule has 6 heteroatoms. The highest BCUT2D eigenvalue weighted by Crippen LogP contribution is 2.32. The minimum absolute atomic E-state index is 0.0536. The number of ether oxygens (including phenoxy) is 1. The van der Waals surface area contributed by atoms with Crippen molar-refractivity contribution < 1.29 is 14.5 Å². The minimum Gasteiger partial charge on any atom is -0.450 e. The molecule has 0 heterocycles. The molecule has 0 radical (unpaired) electrons. The molecule has 0 spiro atoms. The van der Waals surface area contributed by atoms with Gasteiger partial charge in [0.15, 0.2) is 0 Å². The summed E-state index contributed by atoms with van der Waals surface area (Å²) in [6, 6.07) is 10.5. The Balaban J connectivity index is 2.39. The van der Waals surface area contributed by atoms with Gasteiger partial charge < -0.3 is 4.74 Å². The molecule has 0 saturated carbocycles. The quantitative estimate of drug-likeness (QED) is 0.483. The number of nitro benzene ring substituents is 1. The number of carbonyl (C=O) groups is 1. The van der Waals surface area contributed by atoms with Gasteiger partial charge in [-0.15, -0.1) is 0 Å². The SMILES string of the molecule is O=Cc1ccc(Oc2cccc(Cl)c2)c([N+](=O)[O-])c1. The van der Waals surface area contributed by atoms with Gasteiger partial charge in [0.1, 0.15) is 12.0 Å². The maximum absolute atomic E-state index is 10.9. The van der Waals surface area contributed by atoms with Gasteiger partial charge in [-0.05, 0) is 30.3 Å². The molecule has 2 aromatic carbocycles. The van der Waals surface area contributed by atoms with Crippen molar-refractivity contribution in [3.8, 4) is 11.5 Å². The van der Waals surface area contributed by atoms with Gasteiger partial charge >= 0.3 is 5.69 Å². The van der Waals surface area contributed by atoms with Gasteiger partial charge in [-0.25, -0.2) is 0 Å². The van der Waals surface area contributed by atoms with Crippen LogP contribution >= 0.6 is 11.6 Å². The Labute approximate surface area is 113 Å². The first-order valence-electron chi connectivity index (χ1n) is 5.27. The van der Waals surface area contributed by atoms with Crippen molar-refractivity contribution in [1.82, 2.24) is 0 Å². The molecule has 0 aliphatic heterocycles. The second kappa shape index (κ2) is 5.49. The fourth-order valence-corrected chi connectivity index (χ4v) is 1.67. The molecule has 0 bridgehead atoms. The van der Waals surface area contributed by atoms with E-state index in [1.54, 1.807) is 24.3 Å². The summed E-state index contributed by atoms with van der Waals surface area (Å²) in [6.07, 6.45) is 0.538. The maximum atomic E-state index is 10.9. The number of halogens is 1. The molecule has 0 aromatic heterocycles. The lowest BCUT2D eigenvalue weighted by Crippen LogP contribution is -1.95. The molecule has 0 saturated heterocycles. The van der Waals surface area contributed by atoms with Crippen molar-refractivity contribution in [3.05, 3.63) is 63.2 Å². The van der Waals surface area contributed by atoms with Gasteiger partial charge in [0.2, 0.25) is 5.75 Å². The van der Waals surface area contributed by atoms with Crippen LogP contribution in [0.15, 0.2) is 42.5 Å². The van der Waals surface area contributed by atoms with Gasteiger partial charge in [-0.2, -0.15) is 0 Å². The van der Waals surface area contributed by atoms with Gasteiger partial charge in [0, 0.05) is 16.7 Å². The lowest BCUT2D eigenvalue weighted by atomic mass is 10.2. The summed E-state index contributed by atoms with van der Waals surface area (Å²) < 4.78 is 5.41. The summed E-state index contributed by atoms with van der Waals surface area (Å²) in [7, 11) is 0. The van der Waals surface area contributed by atoms with Crippen molar-refractivity contribution in [2.45, 2.75) is 0 Å². The Bertz CT molecular complexity index is 642. The van der Waals surface area contributed by atoms with E-state index in [9.17, 15) is 14.9 Å². The second-order valence-electron chi connectivity index (χ2n) is 3.66. The molecule has 2 aromatic rings. The number of hydrogen-bond acceptors (Lipinski definition) is 4. The van der Waals surface area contributed by atoms with Crippen LogP contribution < -0.4 is 4.74 Å². The average molecular weight is 278 g/mol. The van der Waals surface area contributed by atoms with Crippen LogP contribution in [0.5, 0.6) is 11.5 Å². The summed E-state index contributed by atoms with van der Waals surface area (Å²) in [4.78, 5) is 20.9. The number of carbonyl (C=O) groups excluding carboxylic acids is 1. The number of aldehydes is 1. The molecule has 5 nitrogen and oxygen atoms in total. The normalized spacial score (nSPS) is 9.95. The number of rotatable bonds is 4. The number of nitro groups is 1. The molecule has 19 heavy (non-hydrogen) atoms. The smallest absolute Gasteiger partial charge is 0.312 e. The minimum atomic E-state index is -0.604. The molecule has 0 N–H and O–H groups in total.